The lowest BCUT2D eigenvalue weighted by Gasteiger charge is -2.19. The third kappa shape index (κ3) is 7.06. The number of para-hydroxylation sites is 1. The van der Waals surface area contributed by atoms with Crippen molar-refractivity contribution >= 4 is 0 Å². The van der Waals surface area contributed by atoms with Crippen LogP contribution in [0.25, 0.3) is 0 Å². The van der Waals surface area contributed by atoms with E-state index in [2.05, 4.69) is 32.2 Å². The SMILES string of the molecule is COc1cc(CNCC(C)(C)C)ccc1OCCOc1ccccc1. The molecular formula is C21H29NO3. The molecule has 0 spiro atoms. The Kier molecular flexibility index (Phi) is 7.14. The molecule has 2 aromatic carbocycles. The summed E-state index contributed by atoms with van der Waals surface area (Å²) in [5, 5.41) is 3.47. The van der Waals surface area contributed by atoms with Gasteiger partial charge >= 0.3 is 0 Å². The van der Waals surface area contributed by atoms with Crippen LogP contribution in [0.4, 0.5) is 0 Å². The molecule has 0 aliphatic carbocycles. The van der Waals surface area contributed by atoms with Crippen LogP contribution in [-0.2, 0) is 6.54 Å². The molecule has 0 radical (unpaired) electrons. The minimum atomic E-state index is 0.270. The Morgan fingerprint density at radius 3 is 2.28 bits per heavy atom. The molecule has 0 atom stereocenters. The lowest BCUT2D eigenvalue weighted by Crippen LogP contribution is -2.26. The smallest absolute Gasteiger partial charge is 0.161 e. The highest BCUT2D eigenvalue weighted by atomic mass is 16.5. The maximum absolute atomic E-state index is 5.79. The van der Waals surface area contributed by atoms with Crippen molar-refractivity contribution in [1.29, 1.82) is 0 Å². The molecule has 0 bridgehead atoms. The van der Waals surface area contributed by atoms with Gasteiger partial charge in [-0.15, -0.1) is 0 Å². The van der Waals surface area contributed by atoms with Gasteiger partial charge in [0.15, 0.2) is 11.5 Å². The molecule has 0 aromatic heterocycles. The zero-order chi connectivity index (χ0) is 18.1. The molecule has 0 unspecified atom stereocenters. The molecule has 2 aromatic rings. The average molecular weight is 343 g/mol. The lowest BCUT2D eigenvalue weighted by molar-refractivity contribution is 0.211. The Hall–Kier alpha value is -2.20. The predicted octanol–water partition coefficient (Wildman–Crippen LogP) is 4.29. The van der Waals surface area contributed by atoms with Crippen LogP contribution in [0.1, 0.15) is 26.3 Å². The van der Waals surface area contributed by atoms with E-state index in [1.807, 2.05) is 42.5 Å². The topological polar surface area (TPSA) is 39.7 Å². The van der Waals surface area contributed by atoms with Gasteiger partial charge in [-0.25, -0.2) is 0 Å². The Balaban J connectivity index is 1.82. The molecule has 4 heteroatoms. The zero-order valence-corrected chi connectivity index (χ0v) is 15.7. The van der Waals surface area contributed by atoms with E-state index < -0.39 is 0 Å². The molecule has 0 aliphatic heterocycles. The summed E-state index contributed by atoms with van der Waals surface area (Å²) in [4.78, 5) is 0. The molecule has 0 heterocycles. The maximum atomic E-state index is 5.79. The maximum Gasteiger partial charge on any atom is 0.161 e. The van der Waals surface area contributed by atoms with Gasteiger partial charge in [0, 0.05) is 13.1 Å². The number of methoxy groups -OCH3 is 1. The highest BCUT2D eigenvalue weighted by Crippen LogP contribution is 2.28. The van der Waals surface area contributed by atoms with Crippen molar-refractivity contribution < 1.29 is 14.2 Å². The standard InChI is InChI=1S/C21H29NO3/c1-21(2,3)16-22-15-17-10-11-19(20(14-17)23-4)25-13-12-24-18-8-6-5-7-9-18/h5-11,14,22H,12-13,15-16H2,1-4H3. The summed E-state index contributed by atoms with van der Waals surface area (Å²) in [6, 6.07) is 15.8. The Morgan fingerprint density at radius 1 is 0.880 bits per heavy atom. The normalized spacial score (nSPS) is 11.2. The van der Waals surface area contributed by atoms with E-state index in [9.17, 15) is 0 Å². The Morgan fingerprint density at radius 2 is 1.60 bits per heavy atom. The molecule has 0 saturated carbocycles. The van der Waals surface area contributed by atoms with Gasteiger partial charge in [-0.3, -0.25) is 0 Å². The fraction of sp³-hybridized carbons (Fsp3) is 0.429. The van der Waals surface area contributed by atoms with Crippen LogP contribution in [0.3, 0.4) is 0 Å². The summed E-state index contributed by atoms with van der Waals surface area (Å²) >= 11 is 0. The molecular weight excluding hydrogens is 314 g/mol. The van der Waals surface area contributed by atoms with Crippen LogP contribution in [0.5, 0.6) is 17.2 Å². The van der Waals surface area contributed by atoms with Crippen LogP contribution in [0, 0.1) is 5.41 Å². The van der Waals surface area contributed by atoms with Gasteiger partial charge in [0.05, 0.1) is 7.11 Å². The summed E-state index contributed by atoms with van der Waals surface area (Å²) in [7, 11) is 1.66. The van der Waals surface area contributed by atoms with E-state index in [-0.39, 0.29) is 5.41 Å². The first-order valence-corrected chi connectivity index (χ1v) is 8.66. The first kappa shape index (κ1) is 19.1. The highest BCUT2D eigenvalue weighted by Gasteiger charge is 2.10. The van der Waals surface area contributed by atoms with Crippen molar-refractivity contribution in [2.45, 2.75) is 27.3 Å². The van der Waals surface area contributed by atoms with E-state index >= 15 is 0 Å². The van der Waals surface area contributed by atoms with Crippen LogP contribution >= 0.6 is 0 Å². The monoisotopic (exact) mass is 343 g/mol. The summed E-state index contributed by atoms with van der Waals surface area (Å²) in [5.41, 5.74) is 1.44. The van der Waals surface area contributed by atoms with E-state index in [4.69, 9.17) is 14.2 Å². The van der Waals surface area contributed by atoms with Gasteiger partial charge in [-0.2, -0.15) is 0 Å². The summed E-state index contributed by atoms with van der Waals surface area (Å²) < 4.78 is 16.9. The van der Waals surface area contributed by atoms with Crippen molar-refractivity contribution in [3.63, 3.8) is 0 Å². The van der Waals surface area contributed by atoms with E-state index in [1.165, 1.54) is 5.56 Å². The molecule has 1 N–H and O–H groups in total. The third-order valence-electron chi connectivity index (χ3n) is 3.57. The van der Waals surface area contributed by atoms with E-state index in [0.29, 0.717) is 13.2 Å². The molecule has 0 saturated heterocycles. The Labute approximate surface area is 151 Å². The molecule has 25 heavy (non-hydrogen) atoms. The quantitative estimate of drug-likeness (QED) is 0.690. The molecule has 2 rings (SSSR count). The van der Waals surface area contributed by atoms with Crippen molar-refractivity contribution in [3.8, 4) is 17.2 Å². The number of benzene rings is 2. The fourth-order valence-electron chi connectivity index (χ4n) is 2.35. The fourth-order valence-corrected chi connectivity index (χ4v) is 2.35. The average Bonchev–Trinajstić information content (AvgIpc) is 2.59. The van der Waals surface area contributed by atoms with Gasteiger partial charge in [0.25, 0.3) is 0 Å². The van der Waals surface area contributed by atoms with Crippen molar-refractivity contribution in [3.05, 3.63) is 54.1 Å². The molecule has 0 aliphatic rings. The van der Waals surface area contributed by atoms with Gasteiger partial charge in [0.2, 0.25) is 0 Å². The van der Waals surface area contributed by atoms with Crippen molar-refractivity contribution in [1.82, 2.24) is 5.32 Å². The first-order chi connectivity index (χ1) is 12.0. The number of hydrogen-bond donors (Lipinski definition) is 1. The largest absolute Gasteiger partial charge is 0.493 e. The van der Waals surface area contributed by atoms with E-state index in [1.54, 1.807) is 7.11 Å². The number of hydrogen-bond acceptors (Lipinski definition) is 4. The molecule has 4 nitrogen and oxygen atoms in total. The van der Waals surface area contributed by atoms with Crippen molar-refractivity contribution in [2.75, 3.05) is 26.9 Å². The summed E-state index contributed by atoms with van der Waals surface area (Å²) in [6.45, 7) is 9.38. The second-order valence-electron chi connectivity index (χ2n) is 7.16. The molecule has 0 amide bonds. The number of nitrogens with one attached hydrogen (secondary N) is 1. The second-order valence-corrected chi connectivity index (χ2v) is 7.16. The second kappa shape index (κ2) is 9.33. The van der Waals surface area contributed by atoms with Gasteiger partial charge in [0.1, 0.15) is 19.0 Å². The van der Waals surface area contributed by atoms with E-state index in [0.717, 1.165) is 30.3 Å². The zero-order valence-electron chi connectivity index (χ0n) is 15.7. The highest BCUT2D eigenvalue weighted by molar-refractivity contribution is 5.43. The summed E-state index contributed by atoms with van der Waals surface area (Å²) in [5.74, 6) is 2.33. The van der Waals surface area contributed by atoms with Gasteiger partial charge < -0.3 is 19.5 Å². The predicted molar refractivity (Wildman–Crippen MR) is 102 cm³/mol. The van der Waals surface area contributed by atoms with Gasteiger partial charge in [-0.05, 0) is 35.2 Å². The van der Waals surface area contributed by atoms with Crippen LogP contribution in [-0.4, -0.2) is 26.9 Å². The minimum Gasteiger partial charge on any atom is -0.493 e. The lowest BCUT2D eigenvalue weighted by atomic mass is 9.97. The van der Waals surface area contributed by atoms with Crippen LogP contribution in [0.15, 0.2) is 48.5 Å². The molecule has 136 valence electrons. The molecule has 0 fully saturated rings. The van der Waals surface area contributed by atoms with Crippen LogP contribution in [0.2, 0.25) is 0 Å². The number of ether oxygens (including phenoxy) is 3. The van der Waals surface area contributed by atoms with Gasteiger partial charge in [-0.1, -0.05) is 45.0 Å². The number of rotatable bonds is 9. The summed E-state index contributed by atoms with van der Waals surface area (Å²) in [6.07, 6.45) is 0. The van der Waals surface area contributed by atoms with Crippen molar-refractivity contribution in [2.24, 2.45) is 5.41 Å². The van der Waals surface area contributed by atoms with Crippen LogP contribution < -0.4 is 19.5 Å². The Bertz CT molecular complexity index is 635. The first-order valence-electron chi connectivity index (χ1n) is 8.66. The third-order valence-corrected chi connectivity index (χ3v) is 3.57. The minimum absolute atomic E-state index is 0.270.